The van der Waals surface area contributed by atoms with Crippen molar-refractivity contribution in [3.63, 3.8) is 0 Å². The highest BCUT2D eigenvalue weighted by Gasteiger charge is 2.15. The van der Waals surface area contributed by atoms with Crippen molar-refractivity contribution in [2.75, 3.05) is 0 Å². The molecule has 0 spiro atoms. The van der Waals surface area contributed by atoms with Crippen LogP contribution >= 0.6 is 0 Å². The zero-order valence-electron chi connectivity index (χ0n) is 29.5. The summed E-state index contributed by atoms with van der Waals surface area (Å²) in [6, 6.07) is 62.7. The Bertz CT molecular complexity index is 3570. The minimum atomic E-state index is 0.614. The first kappa shape index (κ1) is 30.1. The van der Waals surface area contributed by atoms with Crippen molar-refractivity contribution in [3.05, 3.63) is 176 Å². The minimum absolute atomic E-state index is 0.614. The molecule has 3 heterocycles. The van der Waals surface area contributed by atoms with Crippen LogP contribution in [0.1, 0.15) is 0 Å². The van der Waals surface area contributed by atoms with Crippen molar-refractivity contribution in [3.8, 4) is 22.5 Å². The Morgan fingerprint density at radius 1 is 0.291 bits per heavy atom. The normalized spacial score (nSPS) is 12.0. The van der Waals surface area contributed by atoms with E-state index in [1.807, 2.05) is 42.5 Å². The molecule has 4 heteroatoms. The van der Waals surface area contributed by atoms with Gasteiger partial charge in [0.2, 0.25) is 0 Å². The van der Waals surface area contributed by atoms with Crippen molar-refractivity contribution in [1.29, 1.82) is 0 Å². The van der Waals surface area contributed by atoms with Crippen LogP contribution in [0.3, 0.4) is 0 Å². The van der Waals surface area contributed by atoms with Crippen LogP contribution in [0.15, 0.2) is 180 Å². The van der Waals surface area contributed by atoms with Crippen molar-refractivity contribution in [1.82, 2.24) is 15.0 Å². The Labute approximate surface area is 314 Å². The van der Waals surface area contributed by atoms with Gasteiger partial charge in [-0.15, -0.1) is 0 Å². The van der Waals surface area contributed by atoms with Gasteiger partial charge in [-0.2, -0.15) is 0 Å². The van der Waals surface area contributed by atoms with E-state index in [0.717, 1.165) is 65.4 Å². The lowest BCUT2D eigenvalue weighted by Gasteiger charge is -2.12. The highest BCUT2D eigenvalue weighted by molar-refractivity contribution is 6.26. The Kier molecular flexibility index (Phi) is 6.31. The molecular formula is C51H29N3O. The maximum Gasteiger partial charge on any atom is 0.164 e. The van der Waals surface area contributed by atoms with Gasteiger partial charge >= 0.3 is 0 Å². The fraction of sp³-hybridized carbons (Fsp3) is 0. The molecule has 0 saturated carbocycles. The summed E-state index contributed by atoms with van der Waals surface area (Å²) in [5, 5.41) is 15.9. The number of benzene rings is 9. The summed E-state index contributed by atoms with van der Waals surface area (Å²) >= 11 is 0. The second-order valence-corrected chi connectivity index (χ2v) is 14.4. The number of fused-ring (bicyclic) bond motifs is 16. The van der Waals surface area contributed by atoms with Crippen molar-refractivity contribution >= 4 is 97.9 Å². The molecule has 0 aliphatic rings. The average Bonchev–Trinajstić information content (AvgIpc) is 3.64. The van der Waals surface area contributed by atoms with Crippen molar-refractivity contribution < 1.29 is 4.42 Å². The van der Waals surface area contributed by atoms with E-state index in [1.54, 1.807) is 0 Å². The summed E-state index contributed by atoms with van der Waals surface area (Å²) in [5.41, 5.74) is 6.13. The van der Waals surface area contributed by atoms with Gasteiger partial charge < -0.3 is 4.42 Å². The van der Waals surface area contributed by atoms with Crippen LogP contribution < -0.4 is 0 Å². The molecule has 12 rings (SSSR count). The molecule has 0 amide bonds. The van der Waals surface area contributed by atoms with Gasteiger partial charge in [0.25, 0.3) is 0 Å². The average molecular weight is 700 g/mol. The molecule has 6 bridgehead atoms. The van der Waals surface area contributed by atoms with E-state index in [-0.39, 0.29) is 0 Å². The van der Waals surface area contributed by atoms with E-state index in [2.05, 4.69) is 133 Å². The number of nitrogens with zero attached hydrogens (tertiary/aromatic N) is 3. The molecule has 0 fully saturated rings. The number of hydrogen-bond donors (Lipinski definition) is 0. The van der Waals surface area contributed by atoms with Crippen LogP contribution in [0.5, 0.6) is 0 Å². The fourth-order valence-electron chi connectivity index (χ4n) is 8.65. The largest absolute Gasteiger partial charge is 0.456 e. The topological polar surface area (TPSA) is 51.8 Å². The highest BCUT2D eigenvalue weighted by Crippen LogP contribution is 2.40. The quantitative estimate of drug-likeness (QED) is 0.169. The maximum absolute atomic E-state index is 6.46. The SMILES string of the molecule is c1ccc(-c2nc3nc(n2)c2cccc4oc5ccc(cc5c42)c2ccc(-c4ccc5c6ccccc6c6ccccc6c5c4)cc2c2cccc3c2)cc1. The monoisotopic (exact) mass is 699 g/mol. The summed E-state index contributed by atoms with van der Waals surface area (Å²) in [6.45, 7) is 0. The molecule has 0 aliphatic heterocycles. The Morgan fingerprint density at radius 3 is 1.67 bits per heavy atom. The number of hydrogen-bond acceptors (Lipinski definition) is 4. The number of furan rings is 1. The summed E-state index contributed by atoms with van der Waals surface area (Å²) in [5.74, 6) is 0.630. The van der Waals surface area contributed by atoms with E-state index >= 15 is 0 Å². The van der Waals surface area contributed by atoms with E-state index in [4.69, 9.17) is 19.4 Å². The van der Waals surface area contributed by atoms with Crippen LogP contribution in [0, 0.1) is 0 Å². The lowest BCUT2D eigenvalue weighted by molar-refractivity contribution is 0.669. The Hall–Kier alpha value is -7.43. The van der Waals surface area contributed by atoms with Crippen LogP contribution in [0.4, 0.5) is 0 Å². The van der Waals surface area contributed by atoms with Crippen LogP contribution in [-0.4, -0.2) is 15.0 Å². The Morgan fingerprint density at radius 2 is 0.891 bits per heavy atom. The second kappa shape index (κ2) is 11.5. The molecular weight excluding hydrogens is 671 g/mol. The van der Waals surface area contributed by atoms with E-state index < -0.39 is 0 Å². The molecule has 0 aliphatic carbocycles. The summed E-state index contributed by atoms with van der Waals surface area (Å²) < 4.78 is 6.46. The third kappa shape index (κ3) is 4.62. The van der Waals surface area contributed by atoms with Gasteiger partial charge in [0.1, 0.15) is 11.2 Å². The highest BCUT2D eigenvalue weighted by atomic mass is 16.3. The smallest absolute Gasteiger partial charge is 0.164 e. The Balaban J connectivity index is 1.20. The molecule has 3 aromatic heterocycles. The summed E-state index contributed by atoms with van der Waals surface area (Å²) in [7, 11) is 0. The molecule has 0 saturated heterocycles. The maximum atomic E-state index is 6.46. The zero-order valence-corrected chi connectivity index (χ0v) is 29.5. The molecule has 55 heavy (non-hydrogen) atoms. The first-order chi connectivity index (χ1) is 27.2. The molecule has 4 nitrogen and oxygen atoms in total. The van der Waals surface area contributed by atoms with Gasteiger partial charge in [-0.25, -0.2) is 15.0 Å². The molecule has 254 valence electrons. The standard InChI is InChI=1S/C51H29N3O/c1-2-10-30(11-3-1)49-52-50-35-13-8-12-33(26-35)43-27-31(32-21-24-41-39-16-5-4-14-37(39)38-15-6-7-17-40(38)44(41)28-32)20-23-36(43)34-22-25-46-45(29-34)48-42(51(53-49)54-50)18-9-19-47(48)55-46/h1-29H. The minimum Gasteiger partial charge on any atom is -0.456 e. The van der Waals surface area contributed by atoms with Crippen LogP contribution in [0.25, 0.3) is 120 Å². The van der Waals surface area contributed by atoms with Gasteiger partial charge in [0.15, 0.2) is 17.1 Å². The number of aromatic nitrogens is 3. The van der Waals surface area contributed by atoms with Gasteiger partial charge in [-0.3, -0.25) is 0 Å². The van der Waals surface area contributed by atoms with Gasteiger partial charge in [0.05, 0.1) is 0 Å². The second-order valence-electron chi connectivity index (χ2n) is 14.4. The molecule has 0 radical (unpaired) electrons. The first-order valence-corrected chi connectivity index (χ1v) is 18.6. The molecule has 0 unspecified atom stereocenters. The van der Waals surface area contributed by atoms with Crippen molar-refractivity contribution in [2.45, 2.75) is 0 Å². The number of rotatable bonds is 2. The fourth-order valence-corrected chi connectivity index (χ4v) is 8.65. The molecule has 12 aromatic rings. The summed E-state index contributed by atoms with van der Waals surface area (Å²) in [6.07, 6.45) is 0. The predicted octanol–water partition coefficient (Wildman–Crippen LogP) is 13.7. The third-order valence-electron chi connectivity index (χ3n) is 11.2. The van der Waals surface area contributed by atoms with E-state index in [9.17, 15) is 0 Å². The molecule has 0 atom stereocenters. The molecule has 0 N–H and O–H groups in total. The predicted molar refractivity (Wildman–Crippen MR) is 229 cm³/mol. The van der Waals surface area contributed by atoms with E-state index in [0.29, 0.717) is 17.1 Å². The lowest BCUT2D eigenvalue weighted by atomic mass is 9.91. The van der Waals surface area contributed by atoms with Gasteiger partial charge in [-0.1, -0.05) is 140 Å². The first-order valence-electron chi connectivity index (χ1n) is 18.6. The molecule has 9 aromatic carbocycles. The van der Waals surface area contributed by atoms with Crippen molar-refractivity contribution in [2.24, 2.45) is 0 Å². The van der Waals surface area contributed by atoms with Gasteiger partial charge in [-0.05, 0) is 101 Å². The van der Waals surface area contributed by atoms with Crippen LogP contribution in [0.2, 0.25) is 0 Å². The van der Waals surface area contributed by atoms with E-state index in [1.165, 1.54) is 37.9 Å². The van der Waals surface area contributed by atoms with Crippen LogP contribution in [-0.2, 0) is 0 Å². The lowest BCUT2D eigenvalue weighted by Crippen LogP contribution is -1.94. The zero-order chi connectivity index (χ0) is 36.0. The van der Waals surface area contributed by atoms with Gasteiger partial charge in [0, 0.05) is 27.1 Å². The third-order valence-corrected chi connectivity index (χ3v) is 11.2. The summed E-state index contributed by atoms with van der Waals surface area (Å²) in [4.78, 5) is 15.3.